The number of benzene rings is 1. The Hall–Kier alpha value is -3.30. The Kier molecular flexibility index (Phi) is 5.23. The number of primary sulfonamides is 1. The first-order valence-corrected chi connectivity index (χ1v) is 11.1. The molecule has 1 aromatic carbocycles. The third kappa shape index (κ3) is 3.89. The summed E-state index contributed by atoms with van der Waals surface area (Å²) in [5.41, 5.74) is 5.54. The van der Waals surface area contributed by atoms with Crippen LogP contribution in [0, 0.1) is 6.92 Å². The van der Waals surface area contributed by atoms with Gasteiger partial charge in [-0.25, -0.2) is 23.5 Å². The molecule has 0 spiro atoms. The van der Waals surface area contributed by atoms with Gasteiger partial charge in [-0.1, -0.05) is 6.92 Å². The molecular formula is C21H22N6O2S. The predicted molar refractivity (Wildman–Crippen MR) is 117 cm³/mol. The molecule has 0 aliphatic rings. The van der Waals surface area contributed by atoms with E-state index in [1.165, 1.54) is 17.7 Å². The van der Waals surface area contributed by atoms with Gasteiger partial charge in [0.2, 0.25) is 16.0 Å². The van der Waals surface area contributed by atoms with Crippen LogP contribution in [0.25, 0.3) is 22.3 Å². The second-order valence-electron chi connectivity index (χ2n) is 7.02. The van der Waals surface area contributed by atoms with E-state index in [9.17, 15) is 8.42 Å². The number of nitrogens with two attached hydrogens (primary N) is 1. The molecule has 30 heavy (non-hydrogen) atoms. The van der Waals surface area contributed by atoms with Crippen LogP contribution in [-0.2, 0) is 16.6 Å². The van der Waals surface area contributed by atoms with Gasteiger partial charge in [0.25, 0.3) is 0 Å². The third-order valence-electron chi connectivity index (χ3n) is 4.79. The summed E-state index contributed by atoms with van der Waals surface area (Å²) in [5, 5.41) is 8.24. The van der Waals surface area contributed by atoms with Gasteiger partial charge in [0, 0.05) is 36.4 Å². The maximum atomic E-state index is 11.4. The normalized spacial score (nSPS) is 11.7. The number of nitrogens with zero attached hydrogens (tertiary/aromatic N) is 4. The van der Waals surface area contributed by atoms with Gasteiger partial charge >= 0.3 is 0 Å². The summed E-state index contributed by atoms with van der Waals surface area (Å²) >= 11 is 0. The van der Waals surface area contributed by atoms with Gasteiger partial charge in [0.1, 0.15) is 0 Å². The monoisotopic (exact) mass is 422 g/mol. The average molecular weight is 423 g/mol. The summed E-state index contributed by atoms with van der Waals surface area (Å²) < 4.78 is 25.0. The van der Waals surface area contributed by atoms with Crippen LogP contribution in [0.15, 0.2) is 59.9 Å². The number of aryl methyl sites for hydroxylation is 2. The first kappa shape index (κ1) is 20.0. The fourth-order valence-corrected chi connectivity index (χ4v) is 3.94. The molecule has 0 fully saturated rings. The number of aromatic nitrogens is 4. The van der Waals surface area contributed by atoms with E-state index in [0.717, 1.165) is 35.3 Å². The molecule has 0 aliphatic carbocycles. The van der Waals surface area contributed by atoms with E-state index in [0.29, 0.717) is 11.6 Å². The van der Waals surface area contributed by atoms with Gasteiger partial charge < -0.3 is 9.88 Å². The maximum absolute atomic E-state index is 11.4. The molecule has 3 aromatic heterocycles. The lowest BCUT2D eigenvalue weighted by Gasteiger charge is -2.07. The summed E-state index contributed by atoms with van der Waals surface area (Å²) in [6.45, 7) is 5.12. The lowest BCUT2D eigenvalue weighted by molar-refractivity contribution is 0.598. The van der Waals surface area contributed by atoms with Crippen LogP contribution in [0.2, 0.25) is 0 Å². The average Bonchev–Trinajstić information content (AvgIpc) is 3.08. The van der Waals surface area contributed by atoms with Crippen LogP contribution < -0.4 is 10.5 Å². The predicted octanol–water partition coefficient (Wildman–Crippen LogP) is 3.60. The van der Waals surface area contributed by atoms with Crippen molar-refractivity contribution in [1.29, 1.82) is 0 Å². The zero-order chi connectivity index (χ0) is 21.3. The molecule has 154 valence electrons. The molecule has 0 unspecified atom stereocenters. The Morgan fingerprint density at radius 2 is 1.80 bits per heavy atom. The number of hydrogen-bond acceptors (Lipinski definition) is 6. The largest absolute Gasteiger partial charge is 0.345 e. The van der Waals surface area contributed by atoms with Crippen molar-refractivity contribution < 1.29 is 8.42 Å². The summed E-state index contributed by atoms with van der Waals surface area (Å²) in [6, 6.07) is 9.97. The van der Waals surface area contributed by atoms with Crippen molar-refractivity contribution >= 4 is 32.7 Å². The fraction of sp³-hybridized carbons (Fsp3) is 0.190. The van der Waals surface area contributed by atoms with Crippen molar-refractivity contribution in [3.05, 3.63) is 60.6 Å². The summed E-state index contributed by atoms with van der Waals surface area (Å²) in [5.74, 6) is 0.403. The Morgan fingerprint density at radius 3 is 2.50 bits per heavy atom. The topological polar surface area (TPSA) is 116 Å². The number of nitrogens with one attached hydrogen (secondary N) is 1. The highest BCUT2D eigenvalue weighted by Gasteiger charge is 2.15. The zero-order valence-corrected chi connectivity index (χ0v) is 17.5. The number of sulfonamides is 1. The van der Waals surface area contributed by atoms with Crippen LogP contribution in [0.4, 0.5) is 11.6 Å². The van der Waals surface area contributed by atoms with Crippen molar-refractivity contribution in [3.8, 4) is 11.3 Å². The minimum atomic E-state index is -3.73. The van der Waals surface area contributed by atoms with Gasteiger partial charge in [-0.3, -0.25) is 4.98 Å². The molecule has 3 heterocycles. The summed E-state index contributed by atoms with van der Waals surface area (Å²) in [4.78, 5) is 13.6. The highest BCUT2D eigenvalue weighted by Crippen LogP contribution is 2.30. The first-order valence-electron chi connectivity index (χ1n) is 9.54. The molecule has 0 radical (unpaired) electrons. The Bertz CT molecular complexity index is 1310. The second kappa shape index (κ2) is 7.85. The van der Waals surface area contributed by atoms with Crippen molar-refractivity contribution in [2.75, 3.05) is 5.32 Å². The number of rotatable bonds is 6. The lowest BCUT2D eigenvalue weighted by atomic mass is 10.1. The smallest absolute Gasteiger partial charge is 0.238 e. The van der Waals surface area contributed by atoms with Gasteiger partial charge in [-0.05, 0) is 55.3 Å². The van der Waals surface area contributed by atoms with E-state index in [-0.39, 0.29) is 4.90 Å². The van der Waals surface area contributed by atoms with Crippen LogP contribution >= 0.6 is 0 Å². The molecular weight excluding hydrogens is 400 g/mol. The van der Waals surface area contributed by atoms with Gasteiger partial charge in [-0.2, -0.15) is 0 Å². The Morgan fingerprint density at radius 1 is 1.07 bits per heavy atom. The number of hydrogen-bond donors (Lipinski definition) is 2. The third-order valence-corrected chi connectivity index (χ3v) is 5.72. The SMILES string of the molecule is CCCn1cc(-c2ccnc(Nc3ccc(S(N)(=O)=O)cc3)n2)c2nccc(C)c21. The van der Waals surface area contributed by atoms with E-state index in [2.05, 4.69) is 44.9 Å². The molecule has 0 amide bonds. The van der Waals surface area contributed by atoms with E-state index >= 15 is 0 Å². The van der Waals surface area contributed by atoms with Gasteiger partial charge in [0.15, 0.2) is 0 Å². The van der Waals surface area contributed by atoms with E-state index in [4.69, 9.17) is 5.14 Å². The molecule has 8 nitrogen and oxygen atoms in total. The van der Waals surface area contributed by atoms with Crippen LogP contribution in [0.3, 0.4) is 0 Å². The van der Waals surface area contributed by atoms with E-state index < -0.39 is 10.0 Å². The second-order valence-corrected chi connectivity index (χ2v) is 8.58. The van der Waals surface area contributed by atoms with Crippen LogP contribution in [0.1, 0.15) is 18.9 Å². The minimum absolute atomic E-state index is 0.0490. The Balaban J connectivity index is 1.70. The number of pyridine rings is 1. The Labute approximate surface area is 174 Å². The molecule has 0 saturated heterocycles. The van der Waals surface area contributed by atoms with Crippen molar-refractivity contribution in [2.45, 2.75) is 31.7 Å². The standard InChI is InChI=1S/C21H22N6O2S/c1-3-12-27-13-17(19-20(27)14(2)8-10-23-19)18-9-11-24-21(26-18)25-15-4-6-16(7-5-15)30(22,28)29/h4-11,13H,3,12H2,1-2H3,(H2,22,28,29)(H,24,25,26). The quantitative estimate of drug-likeness (QED) is 0.490. The van der Waals surface area contributed by atoms with E-state index in [1.807, 2.05) is 18.3 Å². The van der Waals surface area contributed by atoms with E-state index in [1.54, 1.807) is 18.3 Å². The van der Waals surface area contributed by atoms with Gasteiger partial charge in [-0.15, -0.1) is 0 Å². The molecule has 0 atom stereocenters. The highest BCUT2D eigenvalue weighted by atomic mass is 32.2. The van der Waals surface area contributed by atoms with Crippen LogP contribution in [-0.4, -0.2) is 27.9 Å². The molecule has 4 aromatic rings. The molecule has 9 heteroatoms. The van der Waals surface area contributed by atoms with Crippen molar-refractivity contribution in [1.82, 2.24) is 19.5 Å². The zero-order valence-electron chi connectivity index (χ0n) is 16.7. The number of anilines is 2. The van der Waals surface area contributed by atoms with Crippen LogP contribution in [0.5, 0.6) is 0 Å². The summed E-state index contributed by atoms with van der Waals surface area (Å²) in [6.07, 6.45) is 6.59. The fourth-order valence-electron chi connectivity index (χ4n) is 3.42. The minimum Gasteiger partial charge on any atom is -0.345 e. The first-order chi connectivity index (χ1) is 14.4. The summed E-state index contributed by atoms with van der Waals surface area (Å²) in [7, 11) is -3.73. The maximum Gasteiger partial charge on any atom is 0.238 e. The molecule has 0 aliphatic heterocycles. The van der Waals surface area contributed by atoms with Gasteiger partial charge in [0.05, 0.1) is 21.6 Å². The number of fused-ring (bicyclic) bond motifs is 1. The molecule has 3 N–H and O–H groups in total. The lowest BCUT2D eigenvalue weighted by Crippen LogP contribution is -2.11. The molecule has 0 bridgehead atoms. The molecule has 0 saturated carbocycles. The highest BCUT2D eigenvalue weighted by molar-refractivity contribution is 7.89. The molecule has 4 rings (SSSR count). The van der Waals surface area contributed by atoms with Crippen molar-refractivity contribution in [3.63, 3.8) is 0 Å². The van der Waals surface area contributed by atoms with Crippen molar-refractivity contribution in [2.24, 2.45) is 5.14 Å².